The van der Waals surface area contributed by atoms with Gasteiger partial charge >= 0.3 is 0 Å². The van der Waals surface area contributed by atoms with E-state index < -0.39 is 0 Å². The average molecular weight is 314 g/mol. The summed E-state index contributed by atoms with van der Waals surface area (Å²) in [7, 11) is 0. The van der Waals surface area contributed by atoms with Crippen LogP contribution < -0.4 is 5.32 Å². The van der Waals surface area contributed by atoms with E-state index >= 15 is 0 Å². The second-order valence-corrected chi connectivity index (χ2v) is 5.94. The molecule has 2 N–H and O–H groups in total. The van der Waals surface area contributed by atoms with Crippen LogP contribution in [0.1, 0.15) is 45.2 Å². The van der Waals surface area contributed by atoms with E-state index in [1.807, 2.05) is 6.07 Å². The molecule has 0 radical (unpaired) electrons. The average Bonchev–Trinajstić information content (AvgIpc) is 2.40. The molecule has 0 aliphatic heterocycles. The number of hydrogen-bond acceptors (Lipinski definition) is 2. The molecule has 0 saturated heterocycles. The molecule has 0 aliphatic carbocycles. The highest BCUT2D eigenvalue weighted by atomic mass is 79.9. The first kappa shape index (κ1) is 15.7. The molecule has 1 atom stereocenters. The van der Waals surface area contributed by atoms with Gasteiger partial charge in [-0.25, -0.2) is 0 Å². The standard InChI is InChI=1S/C15H24BrNO/c1-4-15(5-2,11-18)10-17-12(3)13-7-6-8-14(16)9-13/h6-9,12,17-18H,4-5,10-11H2,1-3H3. The van der Waals surface area contributed by atoms with Gasteiger partial charge in [-0.2, -0.15) is 0 Å². The largest absolute Gasteiger partial charge is 0.396 e. The summed E-state index contributed by atoms with van der Waals surface area (Å²) in [5.74, 6) is 0. The van der Waals surface area contributed by atoms with Crippen LogP contribution in [0.2, 0.25) is 0 Å². The Labute approximate surface area is 119 Å². The van der Waals surface area contributed by atoms with Gasteiger partial charge in [-0.05, 0) is 37.5 Å². The molecule has 1 rings (SSSR count). The minimum atomic E-state index is 0.0142. The summed E-state index contributed by atoms with van der Waals surface area (Å²) in [6.45, 7) is 7.55. The van der Waals surface area contributed by atoms with Crippen molar-refractivity contribution in [3.05, 3.63) is 34.3 Å². The molecular formula is C15H24BrNO. The van der Waals surface area contributed by atoms with Gasteiger partial charge in [-0.3, -0.25) is 0 Å². The SMILES string of the molecule is CCC(CC)(CO)CNC(C)c1cccc(Br)c1. The molecule has 3 heteroatoms. The molecule has 0 spiro atoms. The number of hydrogen-bond donors (Lipinski definition) is 2. The van der Waals surface area contributed by atoms with Gasteiger partial charge in [0.25, 0.3) is 0 Å². The van der Waals surface area contributed by atoms with E-state index in [9.17, 15) is 5.11 Å². The highest BCUT2D eigenvalue weighted by molar-refractivity contribution is 9.10. The summed E-state index contributed by atoms with van der Waals surface area (Å²) < 4.78 is 1.10. The first-order chi connectivity index (χ1) is 8.56. The Bertz CT molecular complexity index is 355. The number of rotatable bonds is 7. The van der Waals surface area contributed by atoms with Crippen molar-refractivity contribution >= 4 is 15.9 Å². The molecule has 0 amide bonds. The molecule has 102 valence electrons. The van der Waals surface area contributed by atoms with Crippen molar-refractivity contribution in [2.75, 3.05) is 13.2 Å². The van der Waals surface area contributed by atoms with E-state index in [1.165, 1.54) is 5.56 Å². The van der Waals surface area contributed by atoms with Crippen LogP contribution in [0.4, 0.5) is 0 Å². The van der Waals surface area contributed by atoms with Crippen LogP contribution in [0.3, 0.4) is 0 Å². The van der Waals surface area contributed by atoms with Gasteiger partial charge < -0.3 is 10.4 Å². The molecule has 2 nitrogen and oxygen atoms in total. The lowest BCUT2D eigenvalue weighted by atomic mass is 9.83. The zero-order valence-corrected chi connectivity index (χ0v) is 13.1. The van der Waals surface area contributed by atoms with Crippen molar-refractivity contribution < 1.29 is 5.11 Å². The van der Waals surface area contributed by atoms with E-state index in [2.05, 4.69) is 60.2 Å². The summed E-state index contributed by atoms with van der Waals surface area (Å²) in [6, 6.07) is 8.64. The number of aliphatic hydroxyl groups excluding tert-OH is 1. The van der Waals surface area contributed by atoms with Crippen LogP contribution in [0.5, 0.6) is 0 Å². The lowest BCUT2D eigenvalue weighted by Gasteiger charge is -2.31. The maximum Gasteiger partial charge on any atom is 0.0499 e. The van der Waals surface area contributed by atoms with Gasteiger partial charge in [0.1, 0.15) is 0 Å². The van der Waals surface area contributed by atoms with Gasteiger partial charge in [0.05, 0.1) is 0 Å². The highest BCUT2D eigenvalue weighted by Gasteiger charge is 2.25. The van der Waals surface area contributed by atoms with Crippen molar-refractivity contribution in [2.45, 2.75) is 39.7 Å². The minimum Gasteiger partial charge on any atom is -0.396 e. The van der Waals surface area contributed by atoms with Crippen LogP contribution in [0.25, 0.3) is 0 Å². The molecule has 18 heavy (non-hydrogen) atoms. The maximum atomic E-state index is 9.56. The number of halogens is 1. The van der Waals surface area contributed by atoms with Crippen LogP contribution >= 0.6 is 15.9 Å². The maximum absolute atomic E-state index is 9.56. The molecule has 1 unspecified atom stereocenters. The molecular weight excluding hydrogens is 290 g/mol. The predicted octanol–water partition coefficient (Wildman–Crippen LogP) is 3.90. The lowest BCUT2D eigenvalue weighted by Crippen LogP contribution is -2.37. The van der Waals surface area contributed by atoms with Crippen molar-refractivity contribution in [3.8, 4) is 0 Å². The molecule has 0 aliphatic rings. The number of aliphatic hydroxyl groups is 1. The van der Waals surface area contributed by atoms with Crippen molar-refractivity contribution in [3.63, 3.8) is 0 Å². The summed E-state index contributed by atoms with van der Waals surface area (Å²) in [4.78, 5) is 0. The van der Waals surface area contributed by atoms with Gasteiger partial charge in [0, 0.05) is 29.1 Å². The number of nitrogens with one attached hydrogen (secondary N) is 1. The third kappa shape index (κ3) is 4.08. The van der Waals surface area contributed by atoms with E-state index in [-0.39, 0.29) is 12.0 Å². The Kier molecular flexibility index (Phi) is 6.33. The monoisotopic (exact) mass is 313 g/mol. The van der Waals surface area contributed by atoms with Crippen molar-refractivity contribution in [2.24, 2.45) is 5.41 Å². The summed E-state index contributed by atoms with van der Waals surface area (Å²) in [6.07, 6.45) is 2.00. The quantitative estimate of drug-likeness (QED) is 0.800. The summed E-state index contributed by atoms with van der Waals surface area (Å²) in [5.41, 5.74) is 1.28. The fourth-order valence-electron chi connectivity index (χ4n) is 2.04. The fraction of sp³-hybridized carbons (Fsp3) is 0.600. The van der Waals surface area contributed by atoms with Gasteiger partial charge in [0.2, 0.25) is 0 Å². The lowest BCUT2D eigenvalue weighted by molar-refractivity contribution is 0.110. The Balaban J connectivity index is 2.62. The van der Waals surface area contributed by atoms with Crippen LogP contribution in [0, 0.1) is 5.41 Å². The Morgan fingerprint density at radius 2 is 2.00 bits per heavy atom. The predicted molar refractivity (Wildman–Crippen MR) is 80.7 cm³/mol. The zero-order valence-electron chi connectivity index (χ0n) is 11.5. The van der Waals surface area contributed by atoms with E-state index in [0.717, 1.165) is 23.9 Å². The second-order valence-electron chi connectivity index (χ2n) is 5.02. The van der Waals surface area contributed by atoms with Gasteiger partial charge in [-0.1, -0.05) is 41.9 Å². The Hall–Kier alpha value is -0.380. The molecule has 1 aromatic carbocycles. The fourth-order valence-corrected chi connectivity index (χ4v) is 2.46. The third-order valence-corrected chi connectivity index (χ3v) is 4.46. The Morgan fingerprint density at radius 1 is 1.33 bits per heavy atom. The van der Waals surface area contributed by atoms with Crippen molar-refractivity contribution in [1.29, 1.82) is 0 Å². The summed E-state index contributed by atoms with van der Waals surface area (Å²) in [5, 5.41) is 13.1. The molecule has 1 aromatic rings. The second kappa shape index (κ2) is 7.27. The Morgan fingerprint density at radius 3 is 2.50 bits per heavy atom. The van der Waals surface area contributed by atoms with Crippen LogP contribution in [-0.2, 0) is 0 Å². The first-order valence-electron chi connectivity index (χ1n) is 6.66. The smallest absolute Gasteiger partial charge is 0.0499 e. The van der Waals surface area contributed by atoms with Crippen LogP contribution in [0.15, 0.2) is 28.7 Å². The molecule has 0 heterocycles. The van der Waals surface area contributed by atoms with Crippen molar-refractivity contribution in [1.82, 2.24) is 5.32 Å². The normalized spacial score (nSPS) is 13.6. The van der Waals surface area contributed by atoms with E-state index in [0.29, 0.717) is 6.04 Å². The summed E-state index contributed by atoms with van der Waals surface area (Å²) >= 11 is 3.49. The highest BCUT2D eigenvalue weighted by Crippen LogP contribution is 2.26. The van der Waals surface area contributed by atoms with Gasteiger partial charge in [0.15, 0.2) is 0 Å². The van der Waals surface area contributed by atoms with Crippen LogP contribution in [-0.4, -0.2) is 18.3 Å². The number of benzene rings is 1. The molecule has 0 bridgehead atoms. The third-order valence-electron chi connectivity index (χ3n) is 3.97. The molecule has 0 fully saturated rings. The first-order valence-corrected chi connectivity index (χ1v) is 7.46. The zero-order chi connectivity index (χ0) is 13.6. The molecule has 0 saturated carbocycles. The molecule has 0 aromatic heterocycles. The van der Waals surface area contributed by atoms with Gasteiger partial charge in [-0.15, -0.1) is 0 Å². The topological polar surface area (TPSA) is 32.3 Å². The van der Waals surface area contributed by atoms with E-state index in [1.54, 1.807) is 0 Å². The minimum absolute atomic E-state index is 0.0142. The van der Waals surface area contributed by atoms with E-state index in [4.69, 9.17) is 0 Å².